The van der Waals surface area contributed by atoms with E-state index in [9.17, 15) is 5.11 Å². The number of aliphatic hydroxyl groups is 1. The molecular weight excluding hydrogens is 260 g/mol. The monoisotopic (exact) mass is 296 g/mol. The molecule has 3 unspecified atom stereocenters. The zero-order valence-electron chi connectivity index (χ0n) is 14.2. The van der Waals surface area contributed by atoms with Gasteiger partial charge in [-0.2, -0.15) is 0 Å². The number of nitrogens with one attached hydrogen (secondary N) is 1. The van der Waals surface area contributed by atoms with Gasteiger partial charge in [0, 0.05) is 12.6 Å². The molecule has 2 rings (SSSR count). The van der Waals surface area contributed by atoms with Crippen LogP contribution in [0.1, 0.15) is 65.2 Å². The third-order valence-electron chi connectivity index (χ3n) is 5.62. The second-order valence-corrected chi connectivity index (χ2v) is 7.34. The zero-order valence-corrected chi connectivity index (χ0v) is 14.2. The summed E-state index contributed by atoms with van der Waals surface area (Å²) in [6.07, 6.45) is 10.5. The van der Waals surface area contributed by atoms with Gasteiger partial charge in [0.05, 0.1) is 6.10 Å². The first-order chi connectivity index (χ1) is 10.2. The standard InChI is InChI=1S/C18H36N2O/c1-3-11-19-18-8-6-4-5-7-17(18)14-20-12-9-16(10-13-20)15(2)21/h15-19,21H,3-14H2,1-2H3. The molecule has 1 saturated carbocycles. The quantitative estimate of drug-likeness (QED) is 0.740. The summed E-state index contributed by atoms with van der Waals surface area (Å²) in [5.41, 5.74) is 0. The van der Waals surface area contributed by atoms with Crippen LogP contribution in [0.25, 0.3) is 0 Å². The van der Waals surface area contributed by atoms with Crippen LogP contribution in [0.5, 0.6) is 0 Å². The van der Waals surface area contributed by atoms with Crippen molar-refractivity contribution in [1.29, 1.82) is 0 Å². The Morgan fingerprint density at radius 3 is 2.48 bits per heavy atom. The fraction of sp³-hybridized carbons (Fsp3) is 1.00. The lowest BCUT2D eigenvalue weighted by molar-refractivity contribution is 0.0630. The van der Waals surface area contributed by atoms with Crippen LogP contribution in [0, 0.1) is 11.8 Å². The van der Waals surface area contributed by atoms with E-state index in [0.29, 0.717) is 5.92 Å². The van der Waals surface area contributed by atoms with Crippen molar-refractivity contribution >= 4 is 0 Å². The third-order valence-corrected chi connectivity index (χ3v) is 5.62. The summed E-state index contributed by atoms with van der Waals surface area (Å²) in [4.78, 5) is 2.66. The van der Waals surface area contributed by atoms with Crippen molar-refractivity contribution in [3.05, 3.63) is 0 Å². The van der Waals surface area contributed by atoms with E-state index in [2.05, 4.69) is 17.1 Å². The molecule has 0 amide bonds. The Morgan fingerprint density at radius 2 is 1.81 bits per heavy atom. The van der Waals surface area contributed by atoms with Gasteiger partial charge in [-0.1, -0.05) is 26.2 Å². The van der Waals surface area contributed by atoms with Crippen molar-refractivity contribution in [3.8, 4) is 0 Å². The molecule has 2 fully saturated rings. The van der Waals surface area contributed by atoms with Gasteiger partial charge < -0.3 is 15.3 Å². The Morgan fingerprint density at radius 1 is 1.10 bits per heavy atom. The largest absolute Gasteiger partial charge is 0.393 e. The van der Waals surface area contributed by atoms with Gasteiger partial charge in [0.15, 0.2) is 0 Å². The molecule has 2 aliphatic rings. The van der Waals surface area contributed by atoms with Crippen LogP contribution in [-0.2, 0) is 0 Å². The molecule has 1 saturated heterocycles. The SMILES string of the molecule is CCCNC1CCCCCC1CN1CCC(C(C)O)CC1. The predicted molar refractivity (Wildman–Crippen MR) is 89.5 cm³/mol. The minimum atomic E-state index is -0.121. The molecule has 0 aromatic carbocycles. The average molecular weight is 296 g/mol. The first-order valence-electron chi connectivity index (χ1n) is 9.34. The molecule has 0 spiro atoms. The van der Waals surface area contributed by atoms with E-state index in [1.54, 1.807) is 0 Å². The maximum absolute atomic E-state index is 9.73. The lowest BCUT2D eigenvalue weighted by atomic mass is 9.89. The lowest BCUT2D eigenvalue weighted by Gasteiger charge is -2.37. The first-order valence-corrected chi connectivity index (χ1v) is 9.34. The summed E-state index contributed by atoms with van der Waals surface area (Å²) in [7, 11) is 0. The second kappa shape index (κ2) is 9.12. The normalized spacial score (nSPS) is 31.0. The molecule has 0 aromatic rings. The molecule has 1 aliphatic carbocycles. The molecule has 2 N–H and O–H groups in total. The van der Waals surface area contributed by atoms with Crippen LogP contribution < -0.4 is 5.32 Å². The number of rotatable bonds is 6. The van der Waals surface area contributed by atoms with Gasteiger partial charge in [-0.05, 0) is 70.5 Å². The molecule has 0 bridgehead atoms. The summed E-state index contributed by atoms with van der Waals surface area (Å²) in [6, 6.07) is 0.738. The molecule has 1 heterocycles. The van der Waals surface area contributed by atoms with Crippen LogP contribution in [0.4, 0.5) is 0 Å². The summed E-state index contributed by atoms with van der Waals surface area (Å²) >= 11 is 0. The summed E-state index contributed by atoms with van der Waals surface area (Å²) in [5.74, 6) is 1.37. The van der Waals surface area contributed by atoms with Crippen molar-refractivity contribution in [2.75, 3.05) is 26.2 Å². The minimum Gasteiger partial charge on any atom is -0.393 e. The van der Waals surface area contributed by atoms with Crippen molar-refractivity contribution in [2.24, 2.45) is 11.8 Å². The third kappa shape index (κ3) is 5.54. The van der Waals surface area contributed by atoms with Crippen LogP contribution >= 0.6 is 0 Å². The molecule has 3 atom stereocenters. The van der Waals surface area contributed by atoms with E-state index in [0.717, 1.165) is 12.0 Å². The Labute approximate surface area is 131 Å². The topological polar surface area (TPSA) is 35.5 Å². The van der Waals surface area contributed by atoms with E-state index in [1.807, 2.05) is 6.92 Å². The molecule has 3 heteroatoms. The van der Waals surface area contributed by atoms with Crippen LogP contribution in [0.2, 0.25) is 0 Å². The van der Waals surface area contributed by atoms with Crippen molar-refractivity contribution in [1.82, 2.24) is 10.2 Å². The predicted octanol–water partition coefficient (Wildman–Crippen LogP) is 3.03. The van der Waals surface area contributed by atoms with E-state index in [-0.39, 0.29) is 6.10 Å². The number of hydrogen-bond acceptors (Lipinski definition) is 3. The van der Waals surface area contributed by atoms with Crippen molar-refractivity contribution in [2.45, 2.75) is 77.4 Å². The molecule has 0 radical (unpaired) electrons. The van der Waals surface area contributed by atoms with Crippen LogP contribution in [0.3, 0.4) is 0 Å². The second-order valence-electron chi connectivity index (χ2n) is 7.34. The zero-order chi connectivity index (χ0) is 15.1. The maximum Gasteiger partial charge on any atom is 0.0541 e. The number of hydrogen-bond donors (Lipinski definition) is 2. The molecular formula is C18H36N2O. The lowest BCUT2D eigenvalue weighted by Crippen LogP contribution is -2.45. The highest BCUT2D eigenvalue weighted by atomic mass is 16.3. The Kier molecular flexibility index (Phi) is 7.48. The van der Waals surface area contributed by atoms with E-state index < -0.39 is 0 Å². The van der Waals surface area contributed by atoms with E-state index in [1.165, 1.54) is 77.5 Å². The van der Waals surface area contributed by atoms with Gasteiger partial charge in [0.25, 0.3) is 0 Å². The highest BCUT2D eigenvalue weighted by Crippen LogP contribution is 2.27. The van der Waals surface area contributed by atoms with Gasteiger partial charge in [-0.3, -0.25) is 0 Å². The smallest absolute Gasteiger partial charge is 0.0541 e. The number of aliphatic hydroxyl groups excluding tert-OH is 1. The minimum absolute atomic E-state index is 0.121. The van der Waals surface area contributed by atoms with E-state index in [4.69, 9.17) is 0 Å². The van der Waals surface area contributed by atoms with Gasteiger partial charge in [0.1, 0.15) is 0 Å². The highest BCUT2D eigenvalue weighted by Gasteiger charge is 2.28. The number of piperidine rings is 1. The van der Waals surface area contributed by atoms with Gasteiger partial charge >= 0.3 is 0 Å². The fourth-order valence-electron chi connectivity index (χ4n) is 4.15. The van der Waals surface area contributed by atoms with Crippen molar-refractivity contribution in [3.63, 3.8) is 0 Å². The molecule has 124 valence electrons. The van der Waals surface area contributed by atoms with Gasteiger partial charge in [0.2, 0.25) is 0 Å². The number of likely N-dealkylation sites (tertiary alicyclic amines) is 1. The summed E-state index contributed by atoms with van der Waals surface area (Å²) in [5, 5.41) is 13.5. The van der Waals surface area contributed by atoms with E-state index >= 15 is 0 Å². The average Bonchev–Trinajstić information content (AvgIpc) is 2.71. The number of nitrogens with zero attached hydrogens (tertiary/aromatic N) is 1. The van der Waals surface area contributed by atoms with Crippen molar-refractivity contribution < 1.29 is 5.11 Å². The maximum atomic E-state index is 9.73. The highest BCUT2D eigenvalue weighted by molar-refractivity contribution is 4.84. The Balaban J connectivity index is 1.81. The van der Waals surface area contributed by atoms with Gasteiger partial charge in [-0.25, -0.2) is 0 Å². The van der Waals surface area contributed by atoms with Gasteiger partial charge in [-0.15, -0.1) is 0 Å². The Hall–Kier alpha value is -0.120. The molecule has 21 heavy (non-hydrogen) atoms. The van der Waals surface area contributed by atoms with Crippen LogP contribution in [0.15, 0.2) is 0 Å². The summed E-state index contributed by atoms with van der Waals surface area (Å²) in [6.45, 7) is 9.04. The Bertz CT molecular complexity index is 274. The summed E-state index contributed by atoms with van der Waals surface area (Å²) < 4.78 is 0. The van der Waals surface area contributed by atoms with Crippen LogP contribution in [-0.4, -0.2) is 48.3 Å². The first kappa shape index (κ1) is 17.2. The fourth-order valence-corrected chi connectivity index (χ4v) is 4.15. The molecule has 3 nitrogen and oxygen atoms in total. The molecule has 1 aliphatic heterocycles. The molecule has 0 aromatic heterocycles.